The van der Waals surface area contributed by atoms with E-state index in [0.717, 1.165) is 24.1 Å². The predicted octanol–water partition coefficient (Wildman–Crippen LogP) is 4.44. The molecule has 0 aliphatic rings. The Morgan fingerprint density at radius 3 is 2.29 bits per heavy atom. The Balaban J connectivity index is 1.89. The van der Waals surface area contributed by atoms with Gasteiger partial charge < -0.3 is 5.32 Å². The number of rotatable bonds is 5. The van der Waals surface area contributed by atoms with Crippen LogP contribution < -0.4 is 5.32 Å². The van der Waals surface area contributed by atoms with Crippen molar-refractivity contribution in [2.24, 2.45) is 0 Å². The van der Waals surface area contributed by atoms with Crippen molar-refractivity contribution in [1.29, 1.82) is 0 Å². The van der Waals surface area contributed by atoms with Crippen molar-refractivity contribution in [2.75, 3.05) is 5.32 Å². The van der Waals surface area contributed by atoms with Crippen LogP contribution in [-0.4, -0.2) is 5.91 Å². The number of aryl methyl sites for hydroxylation is 4. The summed E-state index contributed by atoms with van der Waals surface area (Å²) < 4.78 is 0. The van der Waals surface area contributed by atoms with Crippen LogP contribution in [0.15, 0.2) is 42.5 Å². The maximum Gasteiger partial charge on any atom is 0.224 e. The van der Waals surface area contributed by atoms with E-state index in [2.05, 4.69) is 49.5 Å². The monoisotopic (exact) mass is 281 g/mol. The lowest BCUT2D eigenvalue weighted by Crippen LogP contribution is -2.13. The summed E-state index contributed by atoms with van der Waals surface area (Å²) in [5.74, 6) is 0.0709. The third-order valence-corrected chi connectivity index (χ3v) is 3.73. The van der Waals surface area contributed by atoms with Crippen molar-refractivity contribution >= 4 is 11.6 Å². The number of amides is 1. The van der Waals surface area contributed by atoms with Gasteiger partial charge in [-0.15, -0.1) is 0 Å². The van der Waals surface area contributed by atoms with Gasteiger partial charge >= 0.3 is 0 Å². The number of carbonyl (C=O) groups excluding carboxylic acids is 1. The van der Waals surface area contributed by atoms with Crippen LogP contribution in [0.3, 0.4) is 0 Å². The molecule has 2 heteroatoms. The average Bonchev–Trinajstić information content (AvgIpc) is 2.48. The fourth-order valence-electron chi connectivity index (χ4n) is 2.37. The van der Waals surface area contributed by atoms with Crippen LogP contribution in [-0.2, 0) is 17.6 Å². The number of anilines is 1. The van der Waals surface area contributed by atoms with E-state index in [4.69, 9.17) is 0 Å². The minimum atomic E-state index is 0.0709. The van der Waals surface area contributed by atoms with Crippen molar-refractivity contribution in [1.82, 2.24) is 0 Å². The normalized spacial score (nSPS) is 10.4. The van der Waals surface area contributed by atoms with Crippen LogP contribution in [0.2, 0.25) is 0 Å². The Kier molecular flexibility index (Phi) is 5.15. The zero-order valence-corrected chi connectivity index (χ0v) is 13.1. The van der Waals surface area contributed by atoms with E-state index in [9.17, 15) is 4.79 Å². The summed E-state index contributed by atoms with van der Waals surface area (Å²) in [4.78, 5) is 12.0. The third-order valence-electron chi connectivity index (χ3n) is 3.73. The lowest BCUT2D eigenvalue weighted by atomic mass is 10.1. The molecule has 0 radical (unpaired) electrons. The summed E-state index contributed by atoms with van der Waals surface area (Å²) in [6.07, 6.45) is 2.34. The summed E-state index contributed by atoms with van der Waals surface area (Å²) in [7, 11) is 0. The summed E-state index contributed by atoms with van der Waals surface area (Å²) in [5.41, 5.74) is 5.77. The highest BCUT2D eigenvalue weighted by atomic mass is 16.1. The second-order valence-electron chi connectivity index (χ2n) is 5.54. The standard InChI is InChI=1S/C19H23NO/c1-4-16-6-8-17(9-7-16)10-12-19(21)20-18-11-5-14(2)13-15(18)3/h5-9,11,13H,4,10,12H2,1-3H3,(H,20,21). The average molecular weight is 281 g/mol. The van der Waals surface area contributed by atoms with Gasteiger partial charge in [0.15, 0.2) is 0 Å². The highest BCUT2D eigenvalue weighted by Gasteiger charge is 2.05. The van der Waals surface area contributed by atoms with Crippen LogP contribution in [0.4, 0.5) is 5.69 Å². The molecule has 0 saturated carbocycles. The zero-order valence-electron chi connectivity index (χ0n) is 13.1. The van der Waals surface area contributed by atoms with Gasteiger partial charge in [-0.2, -0.15) is 0 Å². The van der Waals surface area contributed by atoms with Gasteiger partial charge in [0.1, 0.15) is 0 Å². The van der Waals surface area contributed by atoms with Gasteiger partial charge in [0.25, 0.3) is 0 Å². The van der Waals surface area contributed by atoms with Crippen molar-refractivity contribution < 1.29 is 4.79 Å². The SMILES string of the molecule is CCc1ccc(CCC(=O)Nc2ccc(C)cc2C)cc1. The summed E-state index contributed by atoms with van der Waals surface area (Å²) in [6, 6.07) is 14.6. The number of hydrogen-bond acceptors (Lipinski definition) is 1. The van der Waals surface area contributed by atoms with Gasteiger partial charge in [-0.1, -0.05) is 48.9 Å². The maximum absolute atomic E-state index is 12.0. The second kappa shape index (κ2) is 7.07. The van der Waals surface area contributed by atoms with Crippen LogP contribution in [0.1, 0.15) is 35.6 Å². The van der Waals surface area contributed by atoms with Gasteiger partial charge in [0.2, 0.25) is 5.91 Å². The van der Waals surface area contributed by atoms with Crippen LogP contribution >= 0.6 is 0 Å². The second-order valence-corrected chi connectivity index (χ2v) is 5.54. The Hall–Kier alpha value is -2.09. The summed E-state index contributed by atoms with van der Waals surface area (Å²) in [6.45, 7) is 6.22. The van der Waals surface area contributed by atoms with Crippen LogP contribution in [0, 0.1) is 13.8 Å². The zero-order chi connectivity index (χ0) is 15.2. The highest BCUT2D eigenvalue weighted by Crippen LogP contribution is 2.16. The molecule has 0 fully saturated rings. The molecule has 0 spiro atoms. The summed E-state index contributed by atoms with van der Waals surface area (Å²) >= 11 is 0. The van der Waals surface area contributed by atoms with Gasteiger partial charge in [-0.25, -0.2) is 0 Å². The van der Waals surface area contributed by atoms with Crippen molar-refractivity contribution in [3.63, 3.8) is 0 Å². The molecule has 0 unspecified atom stereocenters. The molecule has 2 nitrogen and oxygen atoms in total. The first-order valence-corrected chi connectivity index (χ1v) is 7.53. The molecule has 2 aromatic carbocycles. The number of nitrogens with one attached hydrogen (secondary N) is 1. The molecular weight excluding hydrogens is 258 g/mol. The van der Waals surface area contributed by atoms with E-state index in [1.165, 1.54) is 16.7 Å². The fourth-order valence-corrected chi connectivity index (χ4v) is 2.37. The van der Waals surface area contributed by atoms with E-state index < -0.39 is 0 Å². The van der Waals surface area contributed by atoms with Crippen LogP contribution in [0.5, 0.6) is 0 Å². The smallest absolute Gasteiger partial charge is 0.224 e. The molecule has 0 aliphatic heterocycles. The lowest BCUT2D eigenvalue weighted by molar-refractivity contribution is -0.116. The largest absolute Gasteiger partial charge is 0.326 e. The maximum atomic E-state index is 12.0. The molecule has 0 aromatic heterocycles. The lowest BCUT2D eigenvalue weighted by Gasteiger charge is -2.09. The van der Waals surface area contributed by atoms with Gasteiger partial charge in [-0.3, -0.25) is 4.79 Å². The number of benzene rings is 2. The van der Waals surface area contributed by atoms with Crippen LogP contribution in [0.25, 0.3) is 0 Å². The molecule has 0 saturated heterocycles. The van der Waals surface area contributed by atoms with E-state index in [1.54, 1.807) is 0 Å². The van der Waals surface area contributed by atoms with Crippen molar-refractivity contribution in [3.05, 3.63) is 64.7 Å². The van der Waals surface area contributed by atoms with Crippen molar-refractivity contribution in [2.45, 2.75) is 40.0 Å². The van der Waals surface area contributed by atoms with Gasteiger partial charge in [0, 0.05) is 12.1 Å². The molecular formula is C19H23NO. The fraction of sp³-hybridized carbons (Fsp3) is 0.316. The topological polar surface area (TPSA) is 29.1 Å². The Morgan fingerprint density at radius 1 is 1.00 bits per heavy atom. The molecule has 2 aromatic rings. The molecule has 1 amide bonds. The Morgan fingerprint density at radius 2 is 1.67 bits per heavy atom. The molecule has 0 bridgehead atoms. The van der Waals surface area contributed by atoms with E-state index in [-0.39, 0.29) is 5.91 Å². The first-order valence-electron chi connectivity index (χ1n) is 7.53. The molecule has 110 valence electrons. The minimum Gasteiger partial charge on any atom is -0.326 e. The first kappa shape index (κ1) is 15.3. The number of hydrogen-bond donors (Lipinski definition) is 1. The third kappa shape index (κ3) is 4.45. The minimum absolute atomic E-state index is 0.0709. The van der Waals surface area contributed by atoms with E-state index in [1.807, 2.05) is 19.1 Å². The highest BCUT2D eigenvalue weighted by molar-refractivity contribution is 5.91. The van der Waals surface area contributed by atoms with Gasteiger partial charge in [0.05, 0.1) is 0 Å². The summed E-state index contributed by atoms with van der Waals surface area (Å²) in [5, 5.41) is 2.99. The van der Waals surface area contributed by atoms with Gasteiger partial charge in [-0.05, 0) is 49.4 Å². The Labute approximate surface area is 127 Å². The molecule has 1 N–H and O–H groups in total. The molecule has 0 atom stereocenters. The van der Waals surface area contributed by atoms with E-state index >= 15 is 0 Å². The number of carbonyl (C=O) groups is 1. The molecule has 0 heterocycles. The molecule has 0 aliphatic carbocycles. The first-order chi connectivity index (χ1) is 10.1. The molecule has 2 rings (SSSR count). The van der Waals surface area contributed by atoms with E-state index in [0.29, 0.717) is 6.42 Å². The molecule has 21 heavy (non-hydrogen) atoms. The quantitative estimate of drug-likeness (QED) is 0.862. The Bertz CT molecular complexity index is 614. The predicted molar refractivity (Wildman–Crippen MR) is 88.7 cm³/mol. The van der Waals surface area contributed by atoms with Crippen molar-refractivity contribution in [3.8, 4) is 0 Å².